The van der Waals surface area contributed by atoms with Gasteiger partial charge in [-0.2, -0.15) is 5.26 Å². The van der Waals surface area contributed by atoms with Gasteiger partial charge in [0.1, 0.15) is 17.4 Å². The first-order valence-electron chi connectivity index (χ1n) is 9.01. The summed E-state index contributed by atoms with van der Waals surface area (Å²) >= 11 is 0. The number of nitrogens with zero attached hydrogens (tertiary/aromatic N) is 3. The van der Waals surface area contributed by atoms with E-state index >= 15 is 0 Å². The Hall–Kier alpha value is -3.92. The first-order valence-corrected chi connectivity index (χ1v) is 9.01. The second-order valence-electron chi connectivity index (χ2n) is 6.32. The molecule has 0 saturated heterocycles. The summed E-state index contributed by atoms with van der Waals surface area (Å²) in [4.78, 5) is 30.0. The average molecular weight is 389 g/mol. The van der Waals surface area contributed by atoms with E-state index in [-0.39, 0.29) is 28.8 Å². The summed E-state index contributed by atoms with van der Waals surface area (Å²) in [5.41, 5.74) is 0.0600. The fourth-order valence-electron chi connectivity index (χ4n) is 3.11. The standard InChI is InChI=1S/C22H19N3O4/c1-3-29-18-9-5-4-8-16(18)20(26)19-14(2)17(11-23)21(27)25(22(19)28)13-15-7-6-10-24-12-15/h4-10,12,28H,3,13H2,1-2H3. The predicted molar refractivity (Wildman–Crippen MR) is 106 cm³/mol. The molecule has 0 amide bonds. The number of nitriles is 1. The van der Waals surface area contributed by atoms with E-state index in [0.717, 1.165) is 4.57 Å². The molecule has 3 rings (SSSR count). The number of carbonyl (C=O) groups excluding carboxylic acids is 1. The quantitative estimate of drug-likeness (QED) is 0.650. The summed E-state index contributed by atoms with van der Waals surface area (Å²) in [6.07, 6.45) is 3.13. The number of aromatic hydroxyl groups is 1. The fourth-order valence-corrected chi connectivity index (χ4v) is 3.11. The van der Waals surface area contributed by atoms with Crippen LogP contribution >= 0.6 is 0 Å². The molecule has 1 N–H and O–H groups in total. The van der Waals surface area contributed by atoms with Crippen LogP contribution in [-0.2, 0) is 6.54 Å². The van der Waals surface area contributed by atoms with Gasteiger partial charge in [0.15, 0.2) is 0 Å². The van der Waals surface area contributed by atoms with Crippen LogP contribution in [0.3, 0.4) is 0 Å². The van der Waals surface area contributed by atoms with Gasteiger partial charge in [0.25, 0.3) is 5.56 Å². The summed E-state index contributed by atoms with van der Waals surface area (Å²) in [6.45, 7) is 3.61. The molecule has 0 unspecified atom stereocenters. The Morgan fingerprint density at radius 1 is 1.28 bits per heavy atom. The number of hydrogen-bond acceptors (Lipinski definition) is 6. The summed E-state index contributed by atoms with van der Waals surface area (Å²) in [5, 5.41) is 20.4. The second-order valence-corrected chi connectivity index (χ2v) is 6.32. The monoisotopic (exact) mass is 389 g/mol. The van der Waals surface area contributed by atoms with Crippen LogP contribution in [0.25, 0.3) is 0 Å². The van der Waals surface area contributed by atoms with E-state index < -0.39 is 17.2 Å². The number of carbonyl (C=O) groups is 1. The van der Waals surface area contributed by atoms with Gasteiger partial charge >= 0.3 is 0 Å². The molecule has 0 fully saturated rings. The maximum absolute atomic E-state index is 13.3. The molecule has 29 heavy (non-hydrogen) atoms. The third-order valence-electron chi connectivity index (χ3n) is 4.52. The Morgan fingerprint density at radius 3 is 2.69 bits per heavy atom. The molecule has 0 aliphatic carbocycles. The van der Waals surface area contributed by atoms with Gasteiger partial charge in [0.2, 0.25) is 11.7 Å². The highest BCUT2D eigenvalue weighted by Crippen LogP contribution is 2.29. The zero-order chi connectivity index (χ0) is 21.0. The number of rotatable bonds is 6. The normalized spacial score (nSPS) is 10.4. The van der Waals surface area contributed by atoms with E-state index in [1.165, 1.54) is 6.92 Å². The summed E-state index contributed by atoms with van der Waals surface area (Å²) in [6, 6.07) is 11.9. The summed E-state index contributed by atoms with van der Waals surface area (Å²) in [7, 11) is 0. The molecule has 1 aromatic carbocycles. The molecule has 3 aromatic rings. The molecule has 146 valence electrons. The van der Waals surface area contributed by atoms with Crippen LogP contribution in [0.1, 0.15) is 39.5 Å². The highest BCUT2D eigenvalue weighted by Gasteiger charge is 2.26. The van der Waals surface area contributed by atoms with Gasteiger partial charge in [-0.3, -0.25) is 19.1 Å². The van der Waals surface area contributed by atoms with Crippen molar-refractivity contribution in [1.82, 2.24) is 9.55 Å². The van der Waals surface area contributed by atoms with Crippen LogP contribution in [0, 0.1) is 18.3 Å². The van der Waals surface area contributed by atoms with Crippen LogP contribution in [0.2, 0.25) is 0 Å². The Balaban J connectivity index is 2.22. The van der Waals surface area contributed by atoms with Crippen molar-refractivity contribution in [2.24, 2.45) is 0 Å². The van der Waals surface area contributed by atoms with Crippen LogP contribution in [0.15, 0.2) is 53.6 Å². The largest absolute Gasteiger partial charge is 0.494 e. The maximum atomic E-state index is 13.3. The molecule has 7 heteroatoms. The van der Waals surface area contributed by atoms with Crippen LogP contribution < -0.4 is 10.3 Å². The minimum absolute atomic E-state index is 0.0269. The molecule has 0 aliphatic heterocycles. The molecule has 0 radical (unpaired) electrons. The minimum Gasteiger partial charge on any atom is -0.494 e. The zero-order valence-electron chi connectivity index (χ0n) is 16.0. The molecule has 0 aliphatic rings. The first kappa shape index (κ1) is 19.8. The zero-order valence-corrected chi connectivity index (χ0v) is 16.0. The van der Waals surface area contributed by atoms with Crippen molar-refractivity contribution in [3.63, 3.8) is 0 Å². The number of pyridine rings is 2. The van der Waals surface area contributed by atoms with Crippen LogP contribution in [-0.4, -0.2) is 27.0 Å². The van der Waals surface area contributed by atoms with E-state index in [1.54, 1.807) is 55.7 Å². The Bertz CT molecular complexity index is 1160. The molecule has 2 heterocycles. The molecule has 2 aromatic heterocycles. The third kappa shape index (κ3) is 3.73. The third-order valence-corrected chi connectivity index (χ3v) is 4.52. The summed E-state index contributed by atoms with van der Waals surface area (Å²) in [5.74, 6) is -0.658. The number of para-hydroxylation sites is 1. The molecule has 7 nitrogen and oxygen atoms in total. The smallest absolute Gasteiger partial charge is 0.271 e. The summed E-state index contributed by atoms with van der Waals surface area (Å²) < 4.78 is 6.53. The van der Waals surface area contributed by atoms with Crippen molar-refractivity contribution in [1.29, 1.82) is 5.26 Å². The van der Waals surface area contributed by atoms with Crippen molar-refractivity contribution >= 4 is 5.78 Å². The topological polar surface area (TPSA) is 105 Å². The van der Waals surface area contributed by atoms with E-state index in [1.807, 2.05) is 6.07 Å². The highest BCUT2D eigenvalue weighted by molar-refractivity contribution is 6.13. The van der Waals surface area contributed by atoms with E-state index in [2.05, 4.69) is 4.98 Å². The van der Waals surface area contributed by atoms with E-state index in [9.17, 15) is 20.0 Å². The number of aromatic nitrogens is 2. The minimum atomic E-state index is -0.666. The van der Waals surface area contributed by atoms with E-state index in [4.69, 9.17) is 4.74 Å². The number of benzene rings is 1. The number of ether oxygens (including phenoxy) is 1. The lowest BCUT2D eigenvalue weighted by Crippen LogP contribution is -2.27. The van der Waals surface area contributed by atoms with Gasteiger partial charge in [0.05, 0.1) is 24.3 Å². The molecular weight excluding hydrogens is 370 g/mol. The van der Waals surface area contributed by atoms with Gasteiger partial charge < -0.3 is 9.84 Å². The van der Waals surface area contributed by atoms with Crippen molar-refractivity contribution in [3.05, 3.63) is 87.0 Å². The van der Waals surface area contributed by atoms with Gasteiger partial charge in [-0.15, -0.1) is 0 Å². The Morgan fingerprint density at radius 2 is 2.03 bits per heavy atom. The highest BCUT2D eigenvalue weighted by atomic mass is 16.5. The fraction of sp³-hybridized carbons (Fsp3) is 0.182. The van der Waals surface area contributed by atoms with Crippen LogP contribution in [0.5, 0.6) is 11.6 Å². The SMILES string of the molecule is CCOc1ccccc1C(=O)c1c(C)c(C#N)c(=O)n(Cc2cccnc2)c1O. The lowest BCUT2D eigenvalue weighted by Gasteiger charge is -2.16. The number of hydrogen-bond donors (Lipinski definition) is 1. The molecular formula is C22H19N3O4. The first-order chi connectivity index (χ1) is 14.0. The predicted octanol–water partition coefficient (Wildman–Crippen LogP) is 2.81. The molecule has 0 atom stereocenters. The lowest BCUT2D eigenvalue weighted by atomic mass is 9.96. The van der Waals surface area contributed by atoms with Crippen molar-refractivity contribution in [3.8, 4) is 17.7 Å². The molecule has 0 spiro atoms. The van der Waals surface area contributed by atoms with Crippen LogP contribution in [0.4, 0.5) is 0 Å². The second kappa shape index (κ2) is 8.40. The average Bonchev–Trinajstić information content (AvgIpc) is 2.73. The van der Waals surface area contributed by atoms with E-state index in [0.29, 0.717) is 17.9 Å². The van der Waals surface area contributed by atoms with Gasteiger partial charge in [-0.05, 0) is 43.2 Å². The Labute approximate surface area is 167 Å². The Kier molecular flexibility index (Phi) is 5.74. The van der Waals surface area contributed by atoms with Crippen molar-refractivity contribution < 1.29 is 14.6 Å². The number of ketones is 1. The molecule has 0 bridgehead atoms. The lowest BCUT2D eigenvalue weighted by molar-refractivity contribution is 0.103. The maximum Gasteiger partial charge on any atom is 0.271 e. The van der Waals surface area contributed by atoms with Gasteiger partial charge in [0, 0.05) is 12.4 Å². The molecule has 0 saturated carbocycles. The van der Waals surface area contributed by atoms with Gasteiger partial charge in [-0.1, -0.05) is 18.2 Å². The van der Waals surface area contributed by atoms with Crippen molar-refractivity contribution in [2.75, 3.05) is 6.61 Å². The van der Waals surface area contributed by atoms with Gasteiger partial charge in [-0.25, -0.2) is 0 Å². The van der Waals surface area contributed by atoms with Crippen molar-refractivity contribution in [2.45, 2.75) is 20.4 Å².